The van der Waals surface area contributed by atoms with Crippen molar-refractivity contribution in [1.29, 1.82) is 0 Å². The molecule has 8 aromatic carbocycles. The smallest absolute Gasteiger partial charge is 0.369 e. The number of thiazole rings is 2. The van der Waals surface area contributed by atoms with Crippen molar-refractivity contribution in [2.75, 3.05) is 0 Å². The summed E-state index contributed by atoms with van der Waals surface area (Å²) in [7, 11) is 0. The van der Waals surface area contributed by atoms with Gasteiger partial charge in [0, 0.05) is 21.5 Å². The topological polar surface area (TPSA) is 181 Å². The van der Waals surface area contributed by atoms with Crippen molar-refractivity contribution in [2.45, 2.75) is 18.8 Å². The van der Waals surface area contributed by atoms with E-state index in [1.54, 1.807) is 84.9 Å². The second-order valence-corrected chi connectivity index (χ2v) is 16.9. The molecule has 0 radical (unpaired) electrons. The van der Waals surface area contributed by atoms with E-state index >= 15 is 0 Å². The Hall–Kier alpha value is -8.14. The lowest BCUT2D eigenvalue weighted by Crippen LogP contribution is -2.52. The molecular weight excluding hydrogens is 853 g/mol. The fourth-order valence-corrected chi connectivity index (χ4v) is 9.84. The van der Waals surface area contributed by atoms with Gasteiger partial charge in [-0.05, 0) is 56.9 Å². The van der Waals surface area contributed by atoms with E-state index in [4.69, 9.17) is 14.2 Å². The number of aromatic nitrogens is 2. The van der Waals surface area contributed by atoms with Gasteiger partial charge in [0.1, 0.15) is 23.8 Å². The molecule has 3 heterocycles. The zero-order valence-corrected chi connectivity index (χ0v) is 34.5. The van der Waals surface area contributed by atoms with Gasteiger partial charge in [-0.15, -0.1) is 0 Å². The number of esters is 2. The van der Waals surface area contributed by atoms with Crippen LogP contribution in [0.3, 0.4) is 0 Å². The predicted octanol–water partition coefficient (Wildman–Crippen LogP) is 6.61. The van der Waals surface area contributed by atoms with Gasteiger partial charge in [-0.3, -0.25) is 19.2 Å². The van der Waals surface area contributed by atoms with Crippen LogP contribution in [0.15, 0.2) is 163 Å². The van der Waals surface area contributed by atoms with E-state index in [2.05, 4.69) is 20.0 Å². The number of hydrogen-bond donors (Lipinski definition) is 0. The van der Waals surface area contributed by atoms with Crippen LogP contribution in [0.4, 0.5) is 10.3 Å². The van der Waals surface area contributed by atoms with Crippen LogP contribution in [0, 0.1) is 0 Å². The summed E-state index contributed by atoms with van der Waals surface area (Å²) in [6.07, 6.45) is 0. The van der Waals surface area contributed by atoms with E-state index in [1.807, 2.05) is 48.5 Å². The van der Waals surface area contributed by atoms with Crippen LogP contribution in [0.25, 0.3) is 52.8 Å². The first-order chi connectivity index (χ1) is 31.2. The molecule has 11 rings (SSSR count). The molecule has 1 aliphatic heterocycles. The maximum absolute atomic E-state index is 14.7. The van der Waals surface area contributed by atoms with E-state index in [0.717, 1.165) is 44.2 Å². The maximum Gasteiger partial charge on any atom is 0.369 e. The van der Waals surface area contributed by atoms with E-state index in [0.29, 0.717) is 11.1 Å². The minimum Gasteiger partial charge on any atom is -0.457 e. The Morgan fingerprint density at radius 3 is 1.31 bits per heavy atom. The van der Waals surface area contributed by atoms with Crippen LogP contribution >= 0.6 is 22.7 Å². The van der Waals surface area contributed by atoms with Gasteiger partial charge >= 0.3 is 17.5 Å². The lowest BCUT2D eigenvalue weighted by atomic mass is 9.95. The summed E-state index contributed by atoms with van der Waals surface area (Å²) in [6.45, 7) is -0.548. The van der Waals surface area contributed by atoms with E-state index in [9.17, 15) is 28.8 Å². The highest BCUT2D eigenvalue weighted by atomic mass is 32.1. The number of ether oxygens (including phenoxy) is 3. The Bertz CT molecular complexity index is 3730. The molecule has 308 valence electrons. The monoisotopic (exact) mass is 878 g/mol. The van der Waals surface area contributed by atoms with E-state index < -0.39 is 44.6 Å². The molecule has 0 aliphatic carbocycles. The summed E-state index contributed by atoms with van der Waals surface area (Å²) in [5.41, 5.74) is -4.30. The minimum atomic E-state index is -2.76. The average molecular weight is 879 g/mol. The van der Waals surface area contributed by atoms with E-state index in [1.165, 1.54) is 0 Å². The molecule has 15 heteroatoms. The van der Waals surface area contributed by atoms with Crippen molar-refractivity contribution in [3.8, 4) is 15.6 Å². The van der Waals surface area contributed by atoms with Gasteiger partial charge in [0.25, 0.3) is 0 Å². The SMILES string of the molecule is O=C(OCc1ccccc1)C1(C(=O)OCc2ccccc2)Oc2nc(N=c3c(=O)c4cc5ccccc5cc4c3=O)sc2-c2sc(N=c3c(=O)c4cc5ccccc5cc4c3=O)nc21. The standard InChI is InChI=1S/C49H26N4O9S2/c54-37-31-19-27-15-7-8-16-28(27)20-32(31)38(55)35(37)50-47-52-43-41(63-47)42-44(53-48(64-42)51-36-39(56)33-21-29-17-9-10-18-30(29)22-34(33)40(36)57)62-49(43,45(58)60-23-25-11-3-1-4-12-25)46(59)61-24-26-13-5-2-6-14-26/h1-22H,23-24H2. The van der Waals surface area contributed by atoms with Crippen LogP contribution in [0.5, 0.6) is 5.88 Å². The maximum atomic E-state index is 14.7. The van der Waals surface area contributed by atoms with Crippen LogP contribution in [-0.4, -0.2) is 21.9 Å². The molecule has 13 nitrogen and oxygen atoms in total. The lowest BCUT2D eigenvalue weighted by Gasteiger charge is -2.31. The quantitative estimate of drug-likeness (QED) is 0.118. The number of carbonyl (C=O) groups excluding carboxylic acids is 2. The van der Waals surface area contributed by atoms with Crippen LogP contribution in [0.2, 0.25) is 0 Å². The molecule has 0 bridgehead atoms. The first kappa shape index (κ1) is 38.8. The Labute approximate surface area is 366 Å². The lowest BCUT2D eigenvalue weighted by molar-refractivity contribution is -0.184. The third kappa shape index (κ3) is 6.28. The number of benzene rings is 6. The first-order valence-corrected chi connectivity index (χ1v) is 21.3. The third-order valence-electron chi connectivity index (χ3n) is 11.0. The Kier molecular flexibility index (Phi) is 9.11. The van der Waals surface area contributed by atoms with Crippen molar-refractivity contribution in [3.63, 3.8) is 0 Å². The highest BCUT2D eigenvalue weighted by molar-refractivity contribution is 7.25. The van der Waals surface area contributed by atoms with Gasteiger partial charge in [-0.2, -0.15) is 4.98 Å². The first-order valence-electron chi connectivity index (χ1n) is 19.7. The summed E-state index contributed by atoms with van der Waals surface area (Å²) in [5, 5.41) is 2.73. The summed E-state index contributed by atoms with van der Waals surface area (Å²) in [4.78, 5) is 103. The molecule has 0 atom stereocenters. The minimum absolute atomic E-state index is 0.110. The molecule has 2 aromatic heterocycles. The van der Waals surface area contributed by atoms with Gasteiger partial charge < -0.3 is 14.2 Å². The summed E-state index contributed by atoms with van der Waals surface area (Å²) >= 11 is 1.75. The molecule has 0 amide bonds. The van der Waals surface area contributed by atoms with Gasteiger partial charge in [-0.25, -0.2) is 24.6 Å². The Morgan fingerprint density at radius 1 is 0.516 bits per heavy atom. The molecule has 0 spiro atoms. The van der Waals surface area contributed by atoms with Crippen LogP contribution in [0.1, 0.15) is 16.8 Å². The molecule has 64 heavy (non-hydrogen) atoms. The number of nitrogens with zero attached hydrogens (tertiary/aromatic N) is 4. The largest absolute Gasteiger partial charge is 0.457 e. The van der Waals surface area contributed by atoms with Crippen molar-refractivity contribution in [1.82, 2.24) is 9.97 Å². The zero-order chi connectivity index (χ0) is 43.7. The van der Waals surface area contributed by atoms with Gasteiger partial charge in [0.05, 0.1) is 4.88 Å². The van der Waals surface area contributed by atoms with Gasteiger partial charge in [-0.1, -0.05) is 132 Å². The number of fused-ring (bicyclic) bond motifs is 7. The van der Waals surface area contributed by atoms with Crippen molar-refractivity contribution in [2.24, 2.45) is 9.98 Å². The zero-order valence-electron chi connectivity index (χ0n) is 32.9. The Balaban J connectivity index is 1.10. The van der Waals surface area contributed by atoms with Crippen molar-refractivity contribution < 1.29 is 23.8 Å². The van der Waals surface area contributed by atoms with E-state index in [-0.39, 0.29) is 71.7 Å². The van der Waals surface area contributed by atoms with Crippen LogP contribution < -0.4 is 37.2 Å². The van der Waals surface area contributed by atoms with Gasteiger partial charge in [0.15, 0.2) is 10.7 Å². The third-order valence-corrected chi connectivity index (χ3v) is 13.1. The number of hydrogen-bond acceptors (Lipinski definition) is 15. The predicted molar refractivity (Wildman–Crippen MR) is 241 cm³/mol. The highest BCUT2D eigenvalue weighted by Crippen LogP contribution is 2.53. The Morgan fingerprint density at radius 2 is 0.891 bits per heavy atom. The van der Waals surface area contributed by atoms with Crippen molar-refractivity contribution >= 4 is 88.0 Å². The summed E-state index contributed by atoms with van der Waals surface area (Å²) < 4.78 is 17.9. The van der Waals surface area contributed by atoms with Crippen LogP contribution in [-0.2, 0) is 37.9 Å². The average Bonchev–Trinajstić information content (AvgIpc) is 4.06. The fraction of sp³-hybridized carbons (Fsp3) is 0.0612. The molecule has 0 N–H and O–H groups in total. The normalized spacial score (nSPS) is 12.8. The van der Waals surface area contributed by atoms with Crippen molar-refractivity contribution in [3.05, 3.63) is 202 Å². The molecule has 0 saturated heterocycles. The molecule has 0 fully saturated rings. The molecular formula is C49H26N4O9S2. The number of carbonyl (C=O) groups is 2. The molecule has 1 aliphatic rings. The molecule has 0 saturated carbocycles. The summed E-state index contributed by atoms with van der Waals surface area (Å²) in [5.74, 6) is -2.69. The number of rotatable bonds is 8. The summed E-state index contributed by atoms with van der Waals surface area (Å²) in [6, 6.07) is 38.7. The molecule has 10 aromatic rings. The second-order valence-electron chi connectivity index (χ2n) is 14.9. The molecule has 0 unspecified atom stereocenters. The fourth-order valence-electron chi connectivity index (χ4n) is 7.85. The highest BCUT2D eigenvalue weighted by Gasteiger charge is 2.61. The van der Waals surface area contributed by atoms with Gasteiger partial charge in [0.2, 0.25) is 37.9 Å². The second kappa shape index (κ2) is 15.0.